The first-order valence-electron chi connectivity index (χ1n) is 20.9. The highest BCUT2D eigenvalue weighted by Gasteiger charge is 2.58. The molecule has 19 heteroatoms. The summed E-state index contributed by atoms with van der Waals surface area (Å²) in [7, 11) is 1.47. The highest BCUT2D eigenvalue weighted by molar-refractivity contribution is 5.91. The predicted molar refractivity (Wildman–Crippen MR) is 227 cm³/mol. The van der Waals surface area contributed by atoms with Gasteiger partial charge in [0.25, 0.3) is 0 Å². The first-order valence-corrected chi connectivity index (χ1v) is 20.9. The van der Waals surface area contributed by atoms with E-state index in [1.54, 1.807) is 66.7 Å². The van der Waals surface area contributed by atoms with Crippen molar-refractivity contribution >= 4 is 41.8 Å². The van der Waals surface area contributed by atoms with Gasteiger partial charge in [-0.2, -0.15) is 0 Å². The molecule has 0 aliphatic carbocycles. The minimum Gasteiger partial charge on any atom is -0.497 e. The van der Waals surface area contributed by atoms with Gasteiger partial charge in [-0.3, -0.25) is 19.2 Å². The largest absolute Gasteiger partial charge is 0.497 e. The second kappa shape index (κ2) is 23.2. The van der Waals surface area contributed by atoms with Crippen molar-refractivity contribution in [1.82, 2.24) is 0 Å². The molecule has 4 aromatic rings. The molecule has 6 rings (SSSR count). The van der Waals surface area contributed by atoms with Crippen molar-refractivity contribution in [1.29, 1.82) is 0 Å². The molecule has 0 amide bonds. The molecule has 2 heterocycles. The number of ether oxygens (including phenoxy) is 12. The van der Waals surface area contributed by atoms with E-state index in [0.29, 0.717) is 5.75 Å². The average molecular weight is 929 g/mol. The van der Waals surface area contributed by atoms with E-state index in [2.05, 4.69) is 0 Å². The van der Waals surface area contributed by atoms with Crippen molar-refractivity contribution in [2.75, 3.05) is 20.3 Å². The molecule has 0 N–H and O–H groups in total. The molecule has 2 saturated heterocycles. The summed E-state index contributed by atoms with van der Waals surface area (Å²) < 4.78 is 71.4. The highest BCUT2D eigenvalue weighted by atomic mass is 16.8. The van der Waals surface area contributed by atoms with Crippen LogP contribution in [0.4, 0.5) is 0 Å². The Labute approximate surface area is 384 Å². The third kappa shape index (κ3) is 13.4. The smallest absolute Gasteiger partial charge is 0.338 e. The number of methoxy groups -OCH3 is 1. The SMILES string of the molecule is COc1ccc(O[C@@H]2O[C@H](COC(=O)c3ccccc3)[C@H](O[C@H]3O[C@H](COC(C)=O)[C@H](OC(C)=O)[C@H](OC(C)=O)[C@H]3OC(C)=O)[C@H](OC(=O)c3ccccc3)[C@H]2OC(=O)c2ccccc2)cc1. The van der Waals surface area contributed by atoms with Gasteiger partial charge in [0.05, 0.1) is 23.8 Å². The van der Waals surface area contributed by atoms with Gasteiger partial charge in [-0.25, -0.2) is 14.4 Å². The van der Waals surface area contributed by atoms with Gasteiger partial charge in [0, 0.05) is 27.7 Å². The molecule has 2 aliphatic rings. The van der Waals surface area contributed by atoms with Gasteiger partial charge >= 0.3 is 41.8 Å². The normalized spacial score (nSPS) is 24.4. The molecular weight excluding hydrogens is 881 g/mol. The minimum absolute atomic E-state index is 0.0489. The van der Waals surface area contributed by atoms with Crippen molar-refractivity contribution in [3.8, 4) is 11.5 Å². The van der Waals surface area contributed by atoms with Gasteiger partial charge in [-0.05, 0) is 60.7 Å². The maximum atomic E-state index is 14.2. The van der Waals surface area contributed by atoms with E-state index in [9.17, 15) is 33.6 Å². The molecule has 2 aliphatic heterocycles. The Bertz CT molecular complexity index is 2320. The van der Waals surface area contributed by atoms with Crippen LogP contribution in [0.3, 0.4) is 0 Å². The Morgan fingerprint density at radius 3 is 1.33 bits per heavy atom. The monoisotopic (exact) mass is 928 g/mol. The van der Waals surface area contributed by atoms with E-state index < -0.39 is 116 Å². The third-order valence-corrected chi connectivity index (χ3v) is 10.0. The van der Waals surface area contributed by atoms with Crippen molar-refractivity contribution in [2.45, 2.75) is 89.1 Å². The molecule has 4 aromatic carbocycles. The lowest BCUT2D eigenvalue weighted by Crippen LogP contribution is -2.67. The lowest BCUT2D eigenvalue weighted by atomic mass is 9.95. The Morgan fingerprint density at radius 2 is 0.821 bits per heavy atom. The fourth-order valence-electron chi connectivity index (χ4n) is 7.12. The lowest BCUT2D eigenvalue weighted by molar-refractivity contribution is -0.352. The molecule has 354 valence electrons. The van der Waals surface area contributed by atoms with Crippen LogP contribution < -0.4 is 9.47 Å². The number of hydrogen-bond donors (Lipinski definition) is 0. The van der Waals surface area contributed by atoms with Gasteiger partial charge in [0.2, 0.25) is 12.4 Å². The zero-order chi connectivity index (χ0) is 48.0. The van der Waals surface area contributed by atoms with Gasteiger partial charge in [0.1, 0.15) is 43.0 Å². The van der Waals surface area contributed by atoms with Gasteiger partial charge in [0.15, 0.2) is 30.7 Å². The van der Waals surface area contributed by atoms with Gasteiger partial charge in [-0.1, -0.05) is 54.6 Å². The maximum absolute atomic E-state index is 14.2. The molecule has 0 aromatic heterocycles. The second-order valence-corrected chi connectivity index (χ2v) is 14.9. The van der Waals surface area contributed by atoms with E-state index >= 15 is 0 Å². The molecule has 0 radical (unpaired) electrons. The number of hydrogen-bond acceptors (Lipinski definition) is 19. The molecule has 19 nitrogen and oxygen atoms in total. The van der Waals surface area contributed by atoms with Crippen LogP contribution in [0, 0.1) is 0 Å². The summed E-state index contributed by atoms with van der Waals surface area (Å²) in [5.74, 6) is -5.54. The number of benzene rings is 4. The van der Waals surface area contributed by atoms with Crippen LogP contribution in [0.25, 0.3) is 0 Å². The van der Waals surface area contributed by atoms with Crippen LogP contribution in [-0.4, -0.2) is 124 Å². The molecule has 0 bridgehead atoms. The summed E-state index contributed by atoms with van der Waals surface area (Å²) in [6, 6.07) is 29.8. The summed E-state index contributed by atoms with van der Waals surface area (Å²) in [6.07, 6.45) is -16.9. The summed E-state index contributed by atoms with van der Waals surface area (Å²) in [5.41, 5.74) is 0.283. The summed E-state index contributed by atoms with van der Waals surface area (Å²) in [4.78, 5) is 91.9. The molecule has 10 atom stereocenters. The predicted octanol–water partition coefficient (Wildman–Crippen LogP) is 4.58. The van der Waals surface area contributed by atoms with Crippen molar-refractivity contribution in [2.24, 2.45) is 0 Å². The zero-order valence-corrected chi connectivity index (χ0v) is 36.9. The van der Waals surface area contributed by atoms with Crippen LogP contribution in [-0.2, 0) is 66.5 Å². The number of carbonyl (C=O) groups excluding carboxylic acids is 7. The van der Waals surface area contributed by atoms with Crippen LogP contribution in [0.15, 0.2) is 115 Å². The van der Waals surface area contributed by atoms with E-state index in [0.717, 1.165) is 27.7 Å². The van der Waals surface area contributed by atoms with E-state index in [-0.39, 0.29) is 22.4 Å². The molecule has 0 unspecified atom stereocenters. The first kappa shape index (κ1) is 49.1. The van der Waals surface area contributed by atoms with Crippen molar-refractivity contribution in [3.63, 3.8) is 0 Å². The fourth-order valence-corrected chi connectivity index (χ4v) is 7.12. The van der Waals surface area contributed by atoms with Crippen LogP contribution >= 0.6 is 0 Å². The minimum atomic E-state index is -1.90. The topological polar surface area (TPSA) is 230 Å². The van der Waals surface area contributed by atoms with Crippen molar-refractivity contribution < 1.29 is 90.4 Å². The lowest BCUT2D eigenvalue weighted by Gasteiger charge is -2.48. The number of carbonyl (C=O) groups is 7. The zero-order valence-electron chi connectivity index (χ0n) is 36.9. The highest BCUT2D eigenvalue weighted by Crippen LogP contribution is 2.37. The van der Waals surface area contributed by atoms with E-state index in [1.165, 1.54) is 55.6 Å². The Kier molecular flexibility index (Phi) is 17.0. The Morgan fingerprint density at radius 1 is 0.418 bits per heavy atom. The van der Waals surface area contributed by atoms with Gasteiger partial charge < -0.3 is 56.8 Å². The second-order valence-electron chi connectivity index (χ2n) is 14.9. The summed E-state index contributed by atoms with van der Waals surface area (Å²) in [6.45, 7) is 2.97. The molecule has 67 heavy (non-hydrogen) atoms. The molecule has 0 saturated carbocycles. The van der Waals surface area contributed by atoms with Gasteiger partial charge in [-0.15, -0.1) is 0 Å². The third-order valence-electron chi connectivity index (χ3n) is 10.0. The quantitative estimate of drug-likeness (QED) is 0.104. The van der Waals surface area contributed by atoms with Crippen LogP contribution in [0.1, 0.15) is 58.8 Å². The van der Waals surface area contributed by atoms with Crippen LogP contribution in [0.5, 0.6) is 11.5 Å². The summed E-state index contributed by atoms with van der Waals surface area (Å²) in [5, 5.41) is 0. The first-order chi connectivity index (χ1) is 32.2. The van der Waals surface area contributed by atoms with E-state index in [4.69, 9.17) is 56.8 Å². The fraction of sp³-hybridized carbons (Fsp3) is 0.354. The van der Waals surface area contributed by atoms with E-state index in [1.807, 2.05) is 0 Å². The van der Waals surface area contributed by atoms with Crippen LogP contribution in [0.2, 0.25) is 0 Å². The summed E-state index contributed by atoms with van der Waals surface area (Å²) >= 11 is 0. The standard InChI is InChI=1S/C48H48O19/c1-27(49)57-25-36-38(59-28(2)50)40(60-29(3)51)42(61-30(4)52)48(64-36)67-39-37(26-58-44(53)31-15-9-6-10-16-31)63-47(62-35-23-21-34(56-5)22-24-35)43(66-46(55)33-19-13-8-14-20-33)41(39)65-45(54)32-17-11-7-12-18-32/h6-24,36-43,47-48H,25-26H2,1-5H3/t36-,37-,38+,39+,40+,41+,42-,43-,47-,48-/m1/s1. The van der Waals surface area contributed by atoms with Crippen molar-refractivity contribution in [3.05, 3.63) is 132 Å². The molecular formula is C48H48O19. The molecule has 2 fully saturated rings. The maximum Gasteiger partial charge on any atom is 0.338 e. The molecule has 0 spiro atoms. The Balaban J connectivity index is 1.51. The number of rotatable bonds is 17. The Hall–Kier alpha value is -7.35. The average Bonchev–Trinajstić information content (AvgIpc) is 3.31. The number of esters is 7.